The molecule has 8 nitrogen and oxygen atoms in total. The van der Waals surface area contributed by atoms with Gasteiger partial charge in [-0.2, -0.15) is 0 Å². The lowest BCUT2D eigenvalue weighted by molar-refractivity contribution is 0.103. The number of anilines is 2. The molecule has 8 heteroatoms. The van der Waals surface area contributed by atoms with Gasteiger partial charge in [-0.1, -0.05) is 12.2 Å². The summed E-state index contributed by atoms with van der Waals surface area (Å²) in [6.07, 6.45) is 11.0. The third kappa shape index (κ3) is 10.4. The number of carbonyl (C=O) groups is 2. The van der Waals surface area contributed by atoms with Crippen molar-refractivity contribution < 1.29 is 29.3 Å². The minimum Gasteiger partial charge on any atom is -0.508 e. The Bertz CT molecular complexity index is 1770. The zero-order valence-corrected chi connectivity index (χ0v) is 28.3. The number of allylic oxidation sites excluding steroid dienone is 4. The van der Waals surface area contributed by atoms with E-state index >= 15 is 0 Å². The van der Waals surface area contributed by atoms with Gasteiger partial charge in [-0.25, -0.2) is 0 Å². The highest BCUT2D eigenvalue weighted by Gasteiger charge is 2.10. The first kappa shape index (κ1) is 36.7. The Balaban J connectivity index is 0.000000261. The van der Waals surface area contributed by atoms with E-state index in [0.29, 0.717) is 35.7 Å². The van der Waals surface area contributed by atoms with Crippen LogP contribution in [0.25, 0.3) is 12.2 Å². The molecule has 0 unspecified atom stereocenters. The van der Waals surface area contributed by atoms with Crippen molar-refractivity contribution in [3.05, 3.63) is 130 Å². The average molecular weight is 649 g/mol. The number of aryl methyl sites for hydroxylation is 1. The highest BCUT2D eigenvalue weighted by Crippen LogP contribution is 2.31. The summed E-state index contributed by atoms with van der Waals surface area (Å²) in [5.41, 5.74) is 6.18. The number of rotatable bonds is 13. The fourth-order valence-corrected chi connectivity index (χ4v) is 4.58. The number of hydrogen-bond acceptors (Lipinski definition) is 8. The summed E-state index contributed by atoms with van der Waals surface area (Å²) in [6.45, 7) is 6.10. The van der Waals surface area contributed by atoms with Crippen molar-refractivity contribution in [2.45, 2.75) is 27.2 Å². The number of ketones is 2. The maximum Gasteiger partial charge on any atom is 0.185 e. The van der Waals surface area contributed by atoms with E-state index in [1.54, 1.807) is 61.5 Å². The lowest BCUT2D eigenvalue weighted by atomic mass is 10.0. The smallest absolute Gasteiger partial charge is 0.185 e. The Kier molecular flexibility index (Phi) is 14.1. The molecular formula is C40H44N2O6. The highest BCUT2D eigenvalue weighted by molar-refractivity contribution is 6.07. The van der Waals surface area contributed by atoms with Crippen LogP contribution in [0.5, 0.6) is 23.0 Å². The van der Waals surface area contributed by atoms with Crippen LogP contribution in [0.15, 0.2) is 97.1 Å². The number of hydrogen-bond donors (Lipinski definition) is 4. The van der Waals surface area contributed by atoms with Gasteiger partial charge >= 0.3 is 0 Å². The average Bonchev–Trinajstić information content (AvgIpc) is 3.11. The van der Waals surface area contributed by atoms with Crippen LogP contribution >= 0.6 is 0 Å². The van der Waals surface area contributed by atoms with Gasteiger partial charge in [-0.05, 0) is 123 Å². The Morgan fingerprint density at radius 1 is 0.750 bits per heavy atom. The second-order valence-corrected chi connectivity index (χ2v) is 10.7. The van der Waals surface area contributed by atoms with Gasteiger partial charge in [0, 0.05) is 59.9 Å². The molecule has 4 N–H and O–H groups in total. The molecule has 0 aliphatic heterocycles. The van der Waals surface area contributed by atoms with E-state index in [0.717, 1.165) is 33.6 Å². The first-order chi connectivity index (χ1) is 23.1. The molecule has 0 aromatic heterocycles. The summed E-state index contributed by atoms with van der Waals surface area (Å²) in [7, 11) is 5.20. The quantitative estimate of drug-likeness (QED) is 0.0648. The molecule has 0 bridgehead atoms. The van der Waals surface area contributed by atoms with Crippen molar-refractivity contribution in [2.75, 3.05) is 38.4 Å². The molecule has 0 amide bonds. The Labute approximate surface area is 283 Å². The van der Waals surface area contributed by atoms with Gasteiger partial charge in [0.05, 0.1) is 13.7 Å². The molecule has 0 spiro atoms. The SMILES string of the molecule is CC=CCc1cc(C=CC(=O)c2ccc(NC)cc2)c(OC)cc1O.CCOc1cc(O)c(C)cc1C=CC(=O)c1ccc(NC)cc1. The standard InChI is InChI=1S/C21H23NO3.C19H21NO3/c1-4-5-6-16-13-17(21(25-3)14-20(16)24)9-12-19(23)15-7-10-18(22-2)11-8-15;1-4-23-19-12-18(22)13(2)11-15(19)7-10-17(21)14-5-8-16(20-3)9-6-14/h4-5,7-14,22,24H,6H2,1-3H3;5-12,20,22H,4H2,1-3H3. The van der Waals surface area contributed by atoms with E-state index in [2.05, 4.69) is 10.6 Å². The predicted octanol–water partition coefficient (Wildman–Crippen LogP) is 8.49. The van der Waals surface area contributed by atoms with Crippen molar-refractivity contribution in [1.82, 2.24) is 0 Å². The fraction of sp³-hybridized carbons (Fsp3) is 0.200. The number of phenols is 2. The minimum atomic E-state index is -0.0900. The molecule has 0 atom stereocenters. The molecule has 0 saturated carbocycles. The lowest BCUT2D eigenvalue weighted by Crippen LogP contribution is -1.97. The minimum absolute atomic E-state index is 0.0826. The molecule has 0 aliphatic rings. The summed E-state index contributed by atoms with van der Waals surface area (Å²) < 4.78 is 10.8. The van der Waals surface area contributed by atoms with E-state index < -0.39 is 0 Å². The maximum atomic E-state index is 12.3. The Morgan fingerprint density at radius 2 is 1.25 bits per heavy atom. The van der Waals surface area contributed by atoms with E-state index in [-0.39, 0.29) is 23.1 Å². The van der Waals surface area contributed by atoms with Crippen LogP contribution in [0.3, 0.4) is 0 Å². The number of ether oxygens (including phenoxy) is 2. The van der Waals surface area contributed by atoms with Crippen LogP contribution in [0, 0.1) is 6.92 Å². The summed E-state index contributed by atoms with van der Waals surface area (Å²) >= 11 is 0. The number of carbonyl (C=O) groups excluding carboxylic acids is 2. The molecule has 0 aliphatic carbocycles. The predicted molar refractivity (Wildman–Crippen MR) is 196 cm³/mol. The zero-order valence-electron chi connectivity index (χ0n) is 28.3. The Morgan fingerprint density at radius 3 is 1.71 bits per heavy atom. The number of nitrogens with one attached hydrogen (secondary N) is 2. The topological polar surface area (TPSA) is 117 Å². The fourth-order valence-electron chi connectivity index (χ4n) is 4.58. The normalized spacial score (nSPS) is 11.0. The van der Waals surface area contributed by atoms with Crippen LogP contribution in [-0.4, -0.2) is 49.6 Å². The molecule has 0 heterocycles. The molecule has 48 heavy (non-hydrogen) atoms. The van der Waals surface area contributed by atoms with Gasteiger partial charge in [0.15, 0.2) is 11.6 Å². The van der Waals surface area contributed by atoms with Crippen LogP contribution in [0.4, 0.5) is 11.4 Å². The molecule has 4 aromatic rings. The first-order valence-electron chi connectivity index (χ1n) is 15.6. The molecule has 250 valence electrons. The molecule has 4 rings (SSSR count). The third-order valence-corrected chi connectivity index (χ3v) is 7.38. The number of phenolic OH excluding ortho intramolecular Hbond substituents is 2. The number of aromatic hydroxyl groups is 2. The van der Waals surface area contributed by atoms with Crippen LogP contribution < -0.4 is 20.1 Å². The van der Waals surface area contributed by atoms with E-state index in [4.69, 9.17) is 9.47 Å². The largest absolute Gasteiger partial charge is 0.508 e. The van der Waals surface area contributed by atoms with Crippen molar-refractivity contribution in [2.24, 2.45) is 0 Å². The first-order valence-corrected chi connectivity index (χ1v) is 15.6. The van der Waals surface area contributed by atoms with Gasteiger partial charge in [0.1, 0.15) is 23.0 Å². The van der Waals surface area contributed by atoms with Crippen LogP contribution in [0.2, 0.25) is 0 Å². The van der Waals surface area contributed by atoms with E-state index in [1.165, 1.54) is 19.3 Å². The van der Waals surface area contributed by atoms with Crippen molar-refractivity contribution in [3.8, 4) is 23.0 Å². The molecular weight excluding hydrogens is 604 g/mol. The molecule has 0 saturated heterocycles. The molecule has 0 fully saturated rings. The summed E-state index contributed by atoms with van der Waals surface area (Å²) in [5.74, 6) is 1.27. The Hall–Kier alpha value is -5.76. The van der Waals surface area contributed by atoms with E-state index in [9.17, 15) is 19.8 Å². The highest BCUT2D eigenvalue weighted by atomic mass is 16.5. The second-order valence-electron chi connectivity index (χ2n) is 10.7. The summed E-state index contributed by atoms with van der Waals surface area (Å²) in [6, 6.07) is 21.3. The van der Waals surface area contributed by atoms with Crippen molar-refractivity contribution >= 4 is 35.1 Å². The third-order valence-electron chi connectivity index (χ3n) is 7.38. The monoisotopic (exact) mass is 648 g/mol. The van der Waals surface area contributed by atoms with Gasteiger partial charge in [-0.15, -0.1) is 0 Å². The van der Waals surface area contributed by atoms with Crippen LogP contribution in [-0.2, 0) is 6.42 Å². The summed E-state index contributed by atoms with van der Waals surface area (Å²) in [5, 5.41) is 25.9. The molecule has 4 aromatic carbocycles. The van der Waals surface area contributed by atoms with Crippen LogP contribution in [0.1, 0.15) is 56.8 Å². The van der Waals surface area contributed by atoms with Crippen molar-refractivity contribution in [3.63, 3.8) is 0 Å². The van der Waals surface area contributed by atoms with E-state index in [1.807, 2.05) is 70.4 Å². The second kappa shape index (κ2) is 18.4. The zero-order chi connectivity index (χ0) is 35.1. The lowest BCUT2D eigenvalue weighted by Gasteiger charge is -2.09. The van der Waals surface area contributed by atoms with Gasteiger partial charge in [-0.3, -0.25) is 9.59 Å². The molecule has 0 radical (unpaired) electrons. The van der Waals surface area contributed by atoms with Gasteiger partial charge in [0.2, 0.25) is 0 Å². The van der Waals surface area contributed by atoms with Crippen molar-refractivity contribution in [1.29, 1.82) is 0 Å². The van der Waals surface area contributed by atoms with Gasteiger partial charge < -0.3 is 30.3 Å². The summed E-state index contributed by atoms with van der Waals surface area (Å²) in [4.78, 5) is 24.6. The maximum absolute atomic E-state index is 12.3. The number of methoxy groups -OCH3 is 1. The van der Waals surface area contributed by atoms with Gasteiger partial charge in [0.25, 0.3) is 0 Å². The number of benzene rings is 4.